The van der Waals surface area contributed by atoms with E-state index in [-0.39, 0.29) is 0 Å². The topological polar surface area (TPSA) is 50.2 Å². The number of carboxylic acids is 1. The van der Waals surface area contributed by atoms with Crippen LogP contribution in [0.2, 0.25) is 0 Å². The standard InChI is InChI=1S/C13H11NO2S/c15-13(16)11-4-1-5-12(7-11)17-9-10-3-2-6-14-8-10/h1-8H,9H2,(H,15,16). The first-order valence-corrected chi connectivity index (χ1v) is 6.09. The fourth-order valence-electron chi connectivity index (χ4n) is 1.37. The van der Waals surface area contributed by atoms with Gasteiger partial charge in [0, 0.05) is 23.0 Å². The van der Waals surface area contributed by atoms with Gasteiger partial charge in [-0.1, -0.05) is 12.1 Å². The zero-order valence-corrected chi connectivity index (χ0v) is 9.85. The van der Waals surface area contributed by atoms with Gasteiger partial charge in [0.1, 0.15) is 0 Å². The Balaban J connectivity index is 2.04. The second-order valence-corrected chi connectivity index (χ2v) is 4.53. The van der Waals surface area contributed by atoms with Crippen molar-refractivity contribution in [3.63, 3.8) is 0 Å². The second kappa shape index (κ2) is 5.50. The number of aromatic carboxylic acids is 1. The Morgan fingerprint density at radius 3 is 2.88 bits per heavy atom. The van der Waals surface area contributed by atoms with Gasteiger partial charge in [0.15, 0.2) is 0 Å². The number of pyridine rings is 1. The van der Waals surface area contributed by atoms with Crippen molar-refractivity contribution >= 4 is 17.7 Å². The molecule has 0 unspecified atom stereocenters. The first-order valence-electron chi connectivity index (χ1n) is 5.11. The molecule has 0 aliphatic rings. The third-order valence-electron chi connectivity index (χ3n) is 2.21. The van der Waals surface area contributed by atoms with E-state index < -0.39 is 5.97 Å². The Bertz CT molecular complexity index is 514. The van der Waals surface area contributed by atoms with E-state index in [4.69, 9.17) is 5.11 Å². The molecule has 0 saturated carbocycles. The molecule has 1 aromatic carbocycles. The Labute approximate surface area is 104 Å². The average molecular weight is 245 g/mol. The molecule has 1 heterocycles. The summed E-state index contributed by atoms with van der Waals surface area (Å²) in [6, 6.07) is 10.8. The minimum atomic E-state index is -0.895. The van der Waals surface area contributed by atoms with Gasteiger partial charge in [-0.2, -0.15) is 0 Å². The van der Waals surface area contributed by atoms with Crippen molar-refractivity contribution in [2.45, 2.75) is 10.6 Å². The van der Waals surface area contributed by atoms with E-state index in [1.54, 1.807) is 36.2 Å². The van der Waals surface area contributed by atoms with Crippen molar-refractivity contribution in [2.24, 2.45) is 0 Å². The van der Waals surface area contributed by atoms with Crippen LogP contribution < -0.4 is 0 Å². The molecule has 17 heavy (non-hydrogen) atoms. The molecule has 0 fully saturated rings. The van der Waals surface area contributed by atoms with E-state index in [0.717, 1.165) is 16.2 Å². The Kier molecular flexibility index (Phi) is 3.77. The van der Waals surface area contributed by atoms with E-state index in [1.165, 1.54) is 0 Å². The number of hydrogen-bond donors (Lipinski definition) is 1. The van der Waals surface area contributed by atoms with E-state index in [1.807, 2.05) is 24.4 Å². The van der Waals surface area contributed by atoms with Crippen molar-refractivity contribution < 1.29 is 9.90 Å². The summed E-state index contributed by atoms with van der Waals surface area (Å²) in [4.78, 5) is 15.8. The number of rotatable bonds is 4. The first kappa shape index (κ1) is 11.7. The minimum Gasteiger partial charge on any atom is -0.478 e. The Hall–Kier alpha value is -1.81. The van der Waals surface area contributed by atoms with Gasteiger partial charge in [0.25, 0.3) is 0 Å². The molecular weight excluding hydrogens is 234 g/mol. The van der Waals surface area contributed by atoms with Crippen LogP contribution in [0.3, 0.4) is 0 Å². The predicted octanol–water partition coefficient (Wildman–Crippen LogP) is 3.07. The maximum atomic E-state index is 10.8. The fourth-order valence-corrected chi connectivity index (χ4v) is 2.26. The third kappa shape index (κ3) is 3.32. The summed E-state index contributed by atoms with van der Waals surface area (Å²) in [6.45, 7) is 0. The maximum Gasteiger partial charge on any atom is 0.335 e. The van der Waals surface area contributed by atoms with Crippen LogP contribution >= 0.6 is 11.8 Å². The van der Waals surface area contributed by atoms with Crippen molar-refractivity contribution in [3.8, 4) is 0 Å². The number of nitrogens with zero attached hydrogens (tertiary/aromatic N) is 1. The van der Waals surface area contributed by atoms with Gasteiger partial charge in [-0.05, 0) is 29.8 Å². The molecule has 2 rings (SSSR count). The van der Waals surface area contributed by atoms with Crippen LogP contribution in [0.25, 0.3) is 0 Å². The number of hydrogen-bond acceptors (Lipinski definition) is 3. The molecule has 0 aliphatic heterocycles. The van der Waals surface area contributed by atoms with Crippen LogP contribution in [-0.2, 0) is 5.75 Å². The maximum absolute atomic E-state index is 10.8. The summed E-state index contributed by atoms with van der Waals surface area (Å²) in [5.74, 6) is -0.106. The van der Waals surface area contributed by atoms with Gasteiger partial charge in [-0.15, -0.1) is 11.8 Å². The van der Waals surface area contributed by atoms with Gasteiger partial charge >= 0.3 is 5.97 Å². The van der Waals surface area contributed by atoms with Crippen LogP contribution in [0.15, 0.2) is 53.7 Å². The highest BCUT2D eigenvalue weighted by atomic mass is 32.2. The van der Waals surface area contributed by atoms with Crippen molar-refractivity contribution in [2.75, 3.05) is 0 Å². The fraction of sp³-hybridized carbons (Fsp3) is 0.0769. The number of carbonyl (C=O) groups is 1. The molecule has 1 N–H and O–H groups in total. The normalized spacial score (nSPS) is 10.1. The van der Waals surface area contributed by atoms with Gasteiger partial charge in [-0.25, -0.2) is 4.79 Å². The summed E-state index contributed by atoms with van der Waals surface area (Å²) < 4.78 is 0. The average Bonchev–Trinajstić information content (AvgIpc) is 2.38. The van der Waals surface area contributed by atoms with E-state index in [0.29, 0.717) is 5.56 Å². The zero-order chi connectivity index (χ0) is 12.1. The molecule has 0 radical (unpaired) electrons. The summed E-state index contributed by atoms with van der Waals surface area (Å²) in [5, 5.41) is 8.88. The molecule has 0 bridgehead atoms. The molecule has 2 aromatic rings. The summed E-state index contributed by atoms with van der Waals surface area (Å²) in [7, 11) is 0. The smallest absolute Gasteiger partial charge is 0.335 e. The predicted molar refractivity (Wildman–Crippen MR) is 67.2 cm³/mol. The number of aromatic nitrogens is 1. The van der Waals surface area contributed by atoms with Crippen LogP contribution in [0.1, 0.15) is 15.9 Å². The molecule has 0 aliphatic carbocycles. The third-order valence-corrected chi connectivity index (χ3v) is 3.27. The SMILES string of the molecule is O=C(O)c1cccc(SCc2cccnc2)c1. The summed E-state index contributed by atoms with van der Waals surface area (Å²) in [5.41, 5.74) is 1.44. The molecule has 4 heteroatoms. The van der Waals surface area contributed by atoms with E-state index in [2.05, 4.69) is 4.98 Å². The molecule has 0 atom stereocenters. The first-order chi connectivity index (χ1) is 8.25. The summed E-state index contributed by atoms with van der Waals surface area (Å²) in [6.07, 6.45) is 3.55. The van der Waals surface area contributed by atoms with Crippen LogP contribution in [0, 0.1) is 0 Å². The number of carboxylic acid groups (broad SMARTS) is 1. The Morgan fingerprint density at radius 2 is 2.18 bits per heavy atom. The highest BCUT2D eigenvalue weighted by Gasteiger charge is 2.03. The van der Waals surface area contributed by atoms with Crippen molar-refractivity contribution in [1.29, 1.82) is 0 Å². The monoisotopic (exact) mass is 245 g/mol. The molecule has 3 nitrogen and oxygen atoms in total. The number of thioether (sulfide) groups is 1. The van der Waals surface area contributed by atoms with Crippen molar-refractivity contribution in [1.82, 2.24) is 4.98 Å². The summed E-state index contributed by atoms with van der Waals surface area (Å²) >= 11 is 1.60. The van der Waals surface area contributed by atoms with E-state index in [9.17, 15) is 4.79 Å². The second-order valence-electron chi connectivity index (χ2n) is 3.48. The van der Waals surface area contributed by atoms with Gasteiger partial charge in [0.2, 0.25) is 0 Å². The molecule has 0 spiro atoms. The molecule has 1 aromatic heterocycles. The van der Waals surface area contributed by atoms with Crippen LogP contribution in [0.5, 0.6) is 0 Å². The highest BCUT2D eigenvalue weighted by molar-refractivity contribution is 7.98. The molecular formula is C13H11NO2S. The Morgan fingerprint density at radius 1 is 1.29 bits per heavy atom. The molecule has 0 saturated heterocycles. The lowest BCUT2D eigenvalue weighted by Gasteiger charge is -2.02. The van der Waals surface area contributed by atoms with Gasteiger partial charge < -0.3 is 5.11 Å². The zero-order valence-electron chi connectivity index (χ0n) is 9.04. The minimum absolute atomic E-state index is 0.321. The van der Waals surface area contributed by atoms with Gasteiger partial charge in [-0.3, -0.25) is 4.98 Å². The van der Waals surface area contributed by atoms with Gasteiger partial charge in [0.05, 0.1) is 5.56 Å². The lowest BCUT2D eigenvalue weighted by Crippen LogP contribution is -1.95. The highest BCUT2D eigenvalue weighted by Crippen LogP contribution is 2.23. The largest absolute Gasteiger partial charge is 0.478 e. The van der Waals surface area contributed by atoms with E-state index >= 15 is 0 Å². The van der Waals surface area contributed by atoms with Crippen LogP contribution in [0.4, 0.5) is 0 Å². The lowest BCUT2D eigenvalue weighted by molar-refractivity contribution is 0.0696. The quantitative estimate of drug-likeness (QED) is 0.841. The van der Waals surface area contributed by atoms with Crippen LogP contribution in [-0.4, -0.2) is 16.1 Å². The molecule has 0 amide bonds. The lowest BCUT2D eigenvalue weighted by atomic mass is 10.2. The molecule has 86 valence electrons. The number of benzene rings is 1. The van der Waals surface area contributed by atoms with Crippen molar-refractivity contribution in [3.05, 3.63) is 59.9 Å².